The Kier molecular flexibility index (Phi) is 5.46. The van der Waals surface area contributed by atoms with Crippen LogP contribution in [0.15, 0.2) is 24.4 Å². The van der Waals surface area contributed by atoms with Crippen LogP contribution in [0, 0.1) is 11.3 Å². The third-order valence-electron chi connectivity index (χ3n) is 8.22. The zero-order valence-corrected chi connectivity index (χ0v) is 19.5. The highest BCUT2D eigenvalue weighted by atomic mass is 35.5. The number of carbonyl (C=O) groups is 1. The molecule has 3 saturated heterocycles. The molecular weight excluding hydrogens is 443 g/mol. The van der Waals surface area contributed by atoms with Gasteiger partial charge in [0, 0.05) is 62.9 Å². The molecular formula is C25H30ClFN4O2. The Bertz CT molecular complexity index is 1060. The molecule has 1 atom stereocenters. The first-order valence-electron chi connectivity index (χ1n) is 12.1. The van der Waals surface area contributed by atoms with E-state index < -0.39 is 6.17 Å². The van der Waals surface area contributed by atoms with E-state index in [-0.39, 0.29) is 17.2 Å². The van der Waals surface area contributed by atoms with E-state index in [0.717, 1.165) is 74.9 Å². The molecule has 0 radical (unpaired) electrons. The minimum atomic E-state index is -0.650. The predicted octanol–water partition coefficient (Wildman–Crippen LogP) is 4.27. The van der Waals surface area contributed by atoms with E-state index in [1.807, 2.05) is 12.1 Å². The number of carbonyl (C=O) groups excluding carboxylic acids is 1. The molecule has 4 aliphatic rings. The zero-order valence-electron chi connectivity index (χ0n) is 18.7. The van der Waals surface area contributed by atoms with E-state index >= 15 is 0 Å². The van der Waals surface area contributed by atoms with Gasteiger partial charge in [0.05, 0.1) is 10.7 Å². The summed E-state index contributed by atoms with van der Waals surface area (Å²) in [7, 11) is 0. The minimum absolute atomic E-state index is 0.0695. The van der Waals surface area contributed by atoms with Gasteiger partial charge in [0.25, 0.3) is 0 Å². The van der Waals surface area contributed by atoms with Crippen LogP contribution in [0.25, 0.3) is 10.8 Å². The van der Waals surface area contributed by atoms with Crippen LogP contribution in [0.5, 0.6) is 0 Å². The predicted molar refractivity (Wildman–Crippen MR) is 128 cm³/mol. The summed E-state index contributed by atoms with van der Waals surface area (Å²) < 4.78 is 18.7. The second kappa shape index (κ2) is 8.36. The molecule has 6 nitrogen and oxygen atoms in total. The topological polar surface area (TPSA) is 57.7 Å². The first-order chi connectivity index (χ1) is 16.0. The van der Waals surface area contributed by atoms with Crippen molar-refractivity contribution in [1.29, 1.82) is 0 Å². The molecule has 1 aromatic heterocycles. The molecule has 6 rings (SSSR count). The Morgan fingerprint density at radius 3 is 2.64 bits per heavy atom. The second-order valence-electron chi connectivity index (χ2n) is 10.2. The second-order valence-corrected chi connectivity index (χ2v) is 10.6. The average molecular weight is 473 g/mol. The molecule has 1 spiro atoms. The molecule has 1 N–H and O–H groups in total. The van der Waals surface area contributed by atoms with Gasteiger partial charge in [-0.25, -0.2) is 9.37 Å². The summed E-state index contributed by atoms with van der Waals surface area (Å²) in [6, 6.07) is 6.48. The number of anilines is 2. The Balaban J connectivity index is 1.14. The number of likely N-dealkylation sites (tertiary alicyclic amines) is 1. The van der Waals surface area contributed by atoms with E-state index in [2.05, 4.69) is 26.2 Å². The van der Waals surface area contributed by atoms with Crippen molar-refractivity contribution >= 4 is 39.8 Å². The molecule has 4 heterocycles. The molecule has 1 unspecified atom stereocenters. The highest BCUT2D eigenvalue weighted by molar-refractivity contribution is 6.34. The molecule has 1 aliphatic carbocycles. The number of piperidine rings is 1. The van der Waals surface area contributed by atoms with Gasteiger partial charge < -0.3 is 15.0 Å². The SMILES string of the molecule is O=C(Nc1cc2cc(N3CCC(N4CC(F)C4)CC3)c(Cl)cc2cn1)C1CC12CCOCC2. The van der Waals surface area contributed by atoms with E-state index in [1.165, 1.54) is 0 Å². The molecule has 4 fully saturated rings. The summed E-state index contributed by atoms with van der Waals surface area (Å²) in [5.41, 5.74) is 1.16. The molecule has 176 valence electrons. The quantitative estimate of drug-likeness (QED) is 0.720. The van der Waals surface area contributed by atoms with E-state index in [0.29, 0.717) is 30.0 Å². The maximum absolute atomic E-state index is 13.2. The maximum Gasteiger partial charge on any atom is 0.229 e. The van der Waals surface area contributed by atoms with Gasteiger partial charge in [-0.05, 0) is 61.1 Å². The van der Waals surface area contributed by atoms with Gasteiger partial charge in [-0.1, -0.05) is 11.6 Å². The van der Waals surface area contributed by atoms with Crippen molar-refractivity contribution in [2.45, 2.75) is 44.3 Å². The number of hydrogen-bond acceptors (Lipinski definition) is 5. The molecule has 2 aromatic rings. The molecule has 33 heavy (non-hydrogen) atoms. The van der Waals surface area contributed by atoms with Crippen molar-refractivity contribution in [1.82, 2.24) is 9.88 Å². The highest BCUT2D eigenvalue weighted by Gasteiger charge is 2.58. The highest BCUT2D eigenvalue weighted by Crippen LogP contribution is 2.59. The van der Waals surface area contributed by atoms with Crippen molar-refractivity contribution in [2.75, 3.05) is 49.6 Å². The number of fused-ring (bicyclic) bond motifs is 1. The van der Waals surface area contributed by atoms with Crippen LogP contribution < -0.4 is 10.2 Å². The fourth-order valence-corrected chi connectivity index (χ4v) is 6.24. The minimum Gasteiger partial charge on any atom is -0.381 e. The van der Waals surface area contributed by atoms with Gasteiger partial charge in [0.2, 0.25) is 5.91 Å². The standard InChI is InChI=1S/C25H30ClFN4O2/c26-21-9-17-13-28-23(29-24(32)20-12-25(20)3-7-33-8-4-25)11-16(17)10-22(21)30-5-1-19(2-6-30)31-14-18(27)15-31/h9-11,13,18-20H,1-8,12,14-15H2,(H,28,29,32). The van der Waals surface area contributed by atoms with Crippen LogP contribution in [-0.4, -0.2) is 67.4 Å². The molecule has 1 saturated carbocycles. The first kappa shape index (κ1) is 21.6. The Morgan fingerprint density at radius 2 is 1.91 bits per heavy atom. The third kappa shape index (κ3) is 4.08. The number of hydrogen-bond donors (Lipinski definition) is 1. The maximum atomic E-state index is 13.2. The normalized spacial score (nSPS) is 25.9. The average Bonchev–Trinajstić information content (AvgIpc) is 3.50. The number of nitrogens with one attached hydrogen (secondary N) is 1. The number of benzene rings is 1. The Morgan fingerprint density at radius 1 is 1.15 bits per heavy atom. The van der Waals surface area contributed by atoms with Crippen LogP contribution >= 0.6 is 11.6 Å². The van der Waals surface area contributed by atoms with Gasteiger partial charge in [0.15, 0.2) is 0 Å². The molecule has 1 aromatic carbocycles. The number of pyridine rings is 1. The lowest BCUT2D eigenvalue weighted by molar-refractivity contribution is -0.118. The van der Waals surface area contributed by atoms with Crippen molar-refractivity contribution in [3.05, 3.63) is 29.4 Å². The van der Waals surface area contributed by atoms with Crippen LogP contribution in [-0.2, 0) is 9.53 Å². The Labute approximate surface area is 198 Å². The van der Waals surface area contributed by atoms with Gasteiger partial charge in [0.1, 0.15) is 12.0 Å². The lowest BCUT2D eigenvalue weighted by atomic mass is 9.93. The lowest BCUT2D eigenvalue weighted by Crippen LogP contribution is -2.56. The first-order valence-corrected chi connectivity index (χ1v) is 12.5. The summed E-state index contributed by atoms with van der Waals surface area (Å²) in [6.07, 6.45) is 6.07. The van der Waals surface area contributed by atoms with Gasteiger partial charge in [-0.2, -0.15) is 0 Å². The Hall–Kier alpha value is -1.96. The fourth-order valence-electron chi connectivity index (χ4n) is 5.95. The van der Waals surface area contributed by atoms with Crippen molar-refractivity contribution in [3.8, 4) is 0 Å². The van der Waals surface area contributed by atoms with Crippen LogP contribution in [0.2, 0.25) is 5.02 Å². The molecule has 3 aliphatic heterocycles. The van der Waals surface area contributed by atoms with Gasteiger partial charge in [-0.15, -0.1) is 0 Å². The van der Waals surface area contributed by atoms with Crippen molar-refractivity contribution < 1.29 is 13.9 Å². The number of ether oxygens (including phenoxy) is 1. The lowest BCUT2D eigenvalue weighted by Gasteiger charge is -2.45. The fraction of sp³-hybridized carbons (Fsp3) is 0.600. The van der Waals surface area contributed by atoms with Gasteiger partial charge in [-0.3, -0.25) is 9.69 Å². The number of aromatic nitrogens is 1. The number of nitrogens with zero attached hydrogens (tertiary/aromatic N) is 3. The largest absolute Gasteiger partial charge is 0.381 e. The van der Waals surface area contributed by atoms with Crippen molar-refractivity contribution in [2.24, 2.45) is 11.3 Å². The van der Waals surface area contributed by atoms with E-state index in [9.17, 15) is 9.18 Å². The van der Waals surface area contributed by atoms with E-state index in [4.69, 9.17) is 16.3 Å². The number of alkyl halides is 1. The summed E-state index contributed by atoms with van der Waals surface area (Å²) in [6.45, 7) is 4.49. The number of rotatable bonds is 4. The summed E-state index contributed by atoms with van der Waals surface area (Å²) in [5, 5.41) is 5.73. The number of halogens is 2. The smallest absolute Gasteiger partial charge is 0.229 e. The van der Waals surface area contributed by atoms with Gasteiger partial charge >= 0.3 is 0 Å². The summed E-state index contributed by atoms with van der Waals surface area (Å²) >= 11 is 6.64. The van der Waals surface area contributed by atoms with Crippen molar-refractivity contribution in [3.63, 3.8) is 0 Å². The molecule has 0 bridgehead atoms. The summed E-state index contributed by atoms with van der Waals surface area (Å²) in [5.74, 6) is 0.730. The summed E-state index contributed by atoms with van der Waals surface area (Å²) in [4.78, 5) is 21.9. The monoisotopic (exact) mass is 472 g/mol. The zero-order chi connectivity index (χ0) is 22.6. The van der Waals surface area contributed by atoms with Crippen LogP contribution in [0.4, 0.5) is 15.9 Å². The number of amides is 1. The molecule has 1 amide bonds. The van der Waals surface area contributed by atoms with Crippen LogP contribution in [0.1, 0.15) is 32.1 Å². The third-order valence-corrected chi connectivity index (χ3v) is 8.52. The van der Waals surface area contributed by atoms with E-state index in [1.54, 1.807) is 6.20 Å². The van der Waals surface area contributed by atoms with Crippen LogP contribution in [0.3, 0.4) is 0 Å². The molecule has 8 heteroatoms.